The molecule has 0 amide bonds. The van der Waals surface area contributed by atoms with E-state index in [1.165, 1.54) is 11.8 Å². The molecule has 0 atom stereocenters. The number of hydrogen-bond donors (Lipinski definition) is 0. The molecule has 0 aliphatic heterocycles. The highest BCUT2D eigenvalue weighted by molar-refractivity contribution is 8.00. The Labute approximate surface area is 161 Å². The largest absolute Gasteiger partial charge is 0.467 e. The fourth-order valence-electron chi connectivity index (χ4n) is 3.38. The van der Waals surface area contributed by atoms with Gasteiger partial charge >= 0.3 is 5.69 Å². The molecule has 6 heteroatoms. The van der Waals surface area contributed by atoms with Crippen molar-refractivity contribution in [1.82, 2.24) is 9.55 Å². The van der Waals surface area contributed by atoms with Crippen LogP contribution in [0.2, 0.25) is 0 Å². The van der Waals surface area contributed by atoms with Gasteiger partial charge in [0.1, 0.15) is 10.8 Å². The third-order valence-corrected chi connectivity index (χ3v) is 5.83. The van der Waals surface area contributed by atoms with Crippen LogP contribution >= 0.6 is 11.8 Å². The molecule has 0 unspecified atom stereocenters. The topological polar surface area (TPSA) is 65.1 Å². The van der Waals surface area contributed by atoms with Crippen LogP contribution in [-0.2, 0) is 19.4 Å². The Kier molecular flexibility index (Phi) is 4.99. The molecule has 3 aromatic rings. The number of rotatable bonds is 6. The number of thioether (sulfide) groups is 1. The van der Waals surface area contributed by atoms with E-state index < -0.39 is 0 Å². The summed E-state index contributed by atoms with van der Waals surface area (Å²) >= 11 is 1.37. The highest BCUT2D eigenvalue weighted by Crippen LogP contribution is 2.30. The third-order valence-electron chi connectivity index (χ3n) is 4.81. The Bertz CT molecular complexity index is 1020. The van der Waals surface area contributed by atoms with Gasteiger partial charge in [0, 0.05) is 16.8 Å². The summed E-state index contributed by atoms with van der Waals surface area (Å²) in [5.74, 6) is 1.07. The van der Waals surface area contributed by atoms with Crippen molar-refractivity contribution in [2.24, 2.45) is 0 Å². The lowest BCUT2D eigenvalue weighted by atomic mass is 10.1. The number of furan rings is 1. The van der Waals surface area contributed by atoms with Crippen molar-refractivity contribution in [2.75, 3.05) is 5.75 Å². The quantitative estimate of drug-likeness (QED) is 0.371. The summed E-state index contributed by atoms with van der Waals surface area (Å²) in [6, 6.07) is 11.2. The lowest BCUT2D eigenvalue weighted by Crippen LogP contribution is -2.27. The molecular weight excluding hydrogens is 360 g/mol. The zero-order valence-corrected chi connectivity index (χ0v) is 15.9. The van der Waals surface area contributed by atoms with E-state index in [1.807, 2.05) is 43.3 Å². The minimum absolute atomic E-state index is 0.0494. The van der Waals surface area contributed by atoms with E-state index in [1.54, 1.807) is 10.8 Å². The first kappa shape index (κ1) is 17.8. The minimum atomic E-state index is -0.280. The molecular formula is C21H20N2O3S. The van der Waals surface area contributed by atoms with Crippen molar-refractivity contribution in [1.29, 1.82) is 0 Å². The summed E-state index contributed by atoms with van der Waals surface area (Å²) in [5.41, 5.74) is 3.66. The van der Waals surface area contributed by atoms with Crippen molar-refractivity contribution in [2.45, 2.75) is 37.8 Å². The fourth-order valence-corrected chi connectivity index (χ4v) is 4.35. The SMILES string of the molecule is Cc1ccc(C(=O)CSc2nc(=O)n(Cc3ccco3)c3c2CCC3)cc1. The summed E-state index contributed by atoms with van der Waals surface area (Å²) < 4.78 is 7.08. The van der Waals surface area contributed by atoms with Crippen LogP contribution < -0.4 is 5.69 Å². The molecule has 0 bridgehead atoms. The summed E-state index contributed by atoms with van der Waals surface area (Å²) in [7, 11) is 0. The number of fused-ring (bicyclic) bond motifs is 1. The van der Waals surface area contributed by atoms with Crippen molar-refractivity contribution in [3.63, 3.8) is 0 Å². The van der Waals surface area contributed by atoms with Gasteiger partial charge in [0.2, 0.25) is 0 Å². The molecule has 5 nitrogen and oxygen atoms in total. The molecule has 0 radical (unpaired) electrons. The number of Topliss-reactive ketones (excluding diaryl/α,β-unsaturated/α-hetero) is 1. The van der Waals surface area contributed by atoms with Crippen LogP contribution in [0.4, 0.5) is 0 Å². The van der Waals surface area contributed by atoms with Crippen molar-refractivity contribution in [3.8, 4) is 0 Å². The van der Waals surface area contributed by atoms with Crippen molar-refractivity contribution in [3.05, 3.63) is 81.3 Å². The minimum Gasteiger partial charge on any atom is -0.467 e. The van der Waals surface area contributed by atoms with E-state index in [-0.39, 0.29) is 17.2 Å². The van der Waals surface area contributed by atoms with Gasteiger partial charge in [-0.15, -0.1) is 0 Å². The number of nitrogens with zero attached hydrogens (tertiary/aromatic N) is 2. The monoisotopic (exact) mass is 380 g/mol. The Balaban J connectivity index is 1.56. The molecule has 2 heterocycles. The van der Waals surface area contributed by atoms with E-state index in [0.717, 1.165) is 41.8 Å². The Morgan fingerprint density at radius 2 is 2.04 bits per heavy atom. The molecule has 0 fully saturated rings. The summed E-state index contributed by atoms with van der Waals surface area (Å²) in [5, 5.41) is 0.698. The summed E-state index contributed by atoms with van der Waals surface area (Å²) in [4.78, 5) is 29.3. The normalized spacial score (nSPS) is 12.9. The van der Waals surface area contributed by atoms with E-state index in [9.17, 15) is 9.59 Å². The highest BCUT2D eigenvalue weighted by atomic mass is 32.2. The first-order chi connectivity index (χ1) is 13.1. The average molecular weight is 380 g/mol. The van der Waals surface area contributed by atoms with Gasteiger partial charge in [-0.2, -0.15) is 4.98 Å². The number of carbonyl (C=O) groups is 1. The van der Waals surface area contributed by atoms with Gasteiger partial charge in [0.15, 0.2) is 5.78 Å². The van der Waals surface area contributed by atoms with Gasteiger partial charge in [0.05, 0.1) is 18.6 Å². The van der Waals surface area contributed by atoms with Gasteiger partial charge in [-0.3, -0.25) is 9.36 Å². The molecule has 27 heavy (non-hydrogen) atoms. The number of benzene rings is 1. The second-order valence-electron chi connectivity index (χ2n) is 6.72. The molecule has 0 saturated carbocycles. The maximum atomic E-state index is 12.6. The molecule has 1 aliphatic rings. The second-order valence-corrected chi connectivity index (χ2v) is 7.69. The van der Waals surface area contributed by atoms with Gasteiger partial charge in [-0.1, -0.05) is 41.6 Å². The second kappa shape index (κ2) is 7.56. The zero-order chi connectivity index (χ0) is 18.8. The Morgan fingerprint density at radius 3 is 2.78 bits per heavy atom. The zero-order valence-electron chi connectivity index (χ0n) is 15.1. The van der Waals surface area contributed by atoms with Crippen molar-refractivity contribution >= 4 is 17.5 Å². The lowest BCUT2D eigenvalue weighted by molar-refractivity contribution is 0.102. The molecule has 4 rings (SSSR count). The van der Waals surface area contributed by atoms with Crippen molar-refractivity contribution < 1.29 is 9.21 Å². The Hall–Kier alpha value is -2.60. The standard InChI is InChI=1S/C21H20N2O3S/c1-14-7-9-15(10-8-14)19(24)13-27-20-17-5-2-6-18(17)23(21(25)22-20)12-16-4-3-11-26-16/h3-4,7-11H,2,5-6,12-13H2,1H3. The van der Waals surface area contributed by atoms with E-state index in [4.69, 9.17) is 4.42 Å². The number of aromatic nitrogens is 2. The molecule has 138 valence electrons. The maximum absolute atomic E-state index is 12.6. The summed E-state index contributed by atoms with van der Waals surface area (Å²) in [6.45, 7) is 2.39. The third kappa shape index (κ3) is 3.76. The number of carbonyl (C=O) groups excluding carboxylic acids is 1. The smallest absolute Gasteiger partial charge is 0.349 e. The fraction of sp³-hybridized carbons (Fsp3) is 0.286. The predicted octanol–water partition coefficient (Wildman–Crippen LogP) is 3.66. The molecule has 2 aromatic heterocycles. The van der Waals surface area contributed by atoms with Crippen LogP contribution in [0, 0.1) is 6.92 Å². The van der Waals surface area contributed by atoms with Gasteiger partial charge in [-0.25, -0.2) is 4.79 Å². The number of hydrogen-bond acceptors (Lipinski definition) is 5. The van der Waals surface area contributed by atoms with Crippen LogP contribution in [0.15, 0.2) is 56.9 Å². The molecule has 0 spiro atoms. The lowest BCUT2D eigenvalue weighted by Gasteiger charge is -2.13. The number of aryl methyl sites for hydroxylation is 1. The average Bonchev–Trinajstić information content (AvgIpc) is 3.34. The van der Waals surface area contributed by atoms with Crippen LogP contribution in [0.1, 0.15) is 39.4 Å². The highest BCUT2D eigenvalue weighted by Gasteiger charge is 2.23. The van der Waals surface area contributed by atoms with Gasteiger partial charge in [-0.05, 0) is 38.3 Å². The van der Waals surface area contributed by atoms with Gasteiger partial charge < -0.3 is 4.42 Å². The maximum Gasteiger partial charge on any atom is 0.349 e. The van der Waals surface area contributed by atoms with Crippen LogP contribution in [0.25, 0.3) is 0 Å². The van der Waals surface area contributed by atoms with E-state index >= 15 is 0 Å². The molecule has 1 aliphatic carbocycles. The molecule has 0 N–H and O–H groups in total. The van der Waals surface area contributed by atoms with Gasteiger partial charge in [0.25, 0.3) is 0 Å². The molecule has 1 aromatic carbocycles. The van der Waals surface area contributed by atoms with Crippen LogP contribution in [0.3, 0.4) is 0 Å². The Morgan fingerprint density at radius 1 is 1.22 bits per heavy atom. The number of ketones is 1. The van der Waals surface area contributed by atoms with Crippen LogP contribution in [0.5, 0.6) is 0 Å². The van der Waals surface area contributed by atoms with E-state index in [2.05, 4.69) is 4.98 Å². The molecule has 0 saturated heterocycles. The summed E-state index contributed by atoms with van der Waals surface area (Å²) in [6.07, 6.45) is 4.35. The van der Waals surface area contributed by atoms with Crippen LogP contribution in [-0.4, -0.2) is 21.1 Å². The first-order valence-corrected chi connectivity index (χ1v) is 9.98. The first-order valence-electron chi connectivity index (χ1n) is 8.99. The van der Waals surface area contributed by atoms with E-state index in [0.29, 0.717) is 17.1 Å². The predicted molar refractivity (Wildman–Crippen MR) is 105 cm³/mol.